The Labute approximate surface area is 115 Å². The Morgan fingerprint density at radius 1 is 1.35 bits per heavy atom. The van der Waals surface area contributed by atoms with Gasteiger partial charge < -0.3 is 10.1 Å². The molecule has 0 fully saturated rings. The summed E-state index contributed by atoms with van der Waals surface area (Å²) in [6, 6.07) is 1.95. The molecule has 0 atom stereocenters. The number of pyridine rings is 1. The molecule has 0 aliphatic carbocycles. The van der Waals surface area contributed by atoms with E-state index in [4.69, 9.17) is 5.11 Å². The fourth-order valence-corrected chi connectivity index (χ4v) is 2.05. The molecule has 0 saturated heterocycles. The van der Waals surface area contributed by atoms with E-state index in [0.717, 1.165) is 11.1 Å². The van der Waals surface area contributed by atoms with Crippen molar-refractivity contribution in [3.05, 3.63) is 45.0 Å². The van der Waals surface area contributed by atoms with E-state index in [2.05, 4.69) is 15.0 Å². The molecule has 2 N–H and O–H groups in total. The minimum atomic E-state index is -1.06. The van der Waals surface area contributed by atoms with Crippen LogP contribution in [0.1, 0.15) is 22.4 Å². The number of carboxylic acid groups (broad SMARTS) is 1. The van der Waals surface area contributed by atoms with Crippen molar-refractivity contribution < 1.29 is 9.90 Å². The number of nitrogens with one attached hydrogen (secondary N) is 1. The Kier molecular flexibility index (Phi) is 3.65. The van der Waals surface area contributed by atoms with E-state index >= 15 is 0 Å². The largest absolute Gasteiger partial charge is 0.481 e. The van der Waals surface area contributed by atoms with Crippen LogP contribution in [0.15, 0.2) is 17.1 Å². The van der Waals surface area contributed by atoms with E-state index in [0.29, 0.717) is 17.2 Å². The predicted octanol–water partition coefficient (Wildman–Crippen LogP) is 1.38. The van der Waals surface area contributed by atoms with Gasteiger partial charge in [0.2, 0.25) is 0 Å². The molecule has 0 aliphatic heterocycles. The van der Waals surface area contributed by atoms with Crippen LogP contribution in [-0.4, -0.2) is 26.0 Å². The Morgan fingerprint density at radius 2 is 2.05 bits per heavy atom. The van der Waals surface area contributed by atoms with Gasteiger partial charge in [-0.05, 0) is 31.9 Å². The lowest BCUT2D eigenvalue weighted by Crippen LogP contribution is -2.20. The zero-order valence-corrected chi connectivity index (χ0v) is 11.5. The van der Waals surface area contributed by atoms with Gasteiger partial charge in [0.25, 0.3) is 5.56 Å². The van der Waals surface area contributed by atoms with Crippen molar-refractivity contribution in [1.29, 1.82) is 0 Å². The lowest BCUT2D eigenvalue weighted by Gasteiger charge is -2.08. The lowest BCUT2D eigenvalue weighted by atomic mass is 10.1. The average Bonchev–Trinajstić information content (AvgIpc) is 2.33. The first kappa shape index (κ1) is 13.9. The van der Waals surface area contributed by atoms with Crippen LogP contribution in [0.2, 0.25) is 0 Å². The number of hydrogen-bond acceptors (Lipinski definition) is 4. The Bertz CT molecular complexity index is 735. The smallest absolute Gasteiger partial charge is 0.308 e. The quantitative estimate of drug-likeness (QED) is 0.880. The minimum absolute atomic E-state index is 0.172. The molecule has 20 heavy (non-hydrogen) atoms. The van der Waals surface area contributed by atoms with E-state index in [1.807, 2.05) is 19.9 Å². The molecule has 0 spiro atoms. The van der Waals surface area contributed by atoms with E-state index < -0.39 is 11.5 Å². The second-order valence-corrected chi connectivity index (χ2v) is 4.73. The van der Waals surface area contributed by atoms with Crippen molar-refractivity contribution in [2.75, 3.05) is 0 Å². The molecule has 0 saturated carbocycles. The van der Waals surface area contributed by atoms with Crippen molar-refractivity contribution in [3.63, 3.8) is 0 Å². The molecule has 6 heteroatoms. The fraction of sp³-hybridized carbons (Fsp3) is 0.286. The highest BCUT2D eigenvalue weighted by Gasteiger charge is 2.14. The second-order valence-electron chi connectivity index (χ2n) is 4.73. The van der Waals surface area contributed by atoms with Crippen LogP contribution in [0.3, 0.4) is 0 Å². The highest BCUT2D eigenvalue weighted by molar-refractivity contribution is 5.70. The van der Waals surface area contributed by atoms with Gasteiger partial charge in [0.05, 0.1) is 6.42 Å². The molecule has 0 radical (unpaired) electrons. The van der Waals surface area contributed by atoms with Crippen molar-refractivity contribution in [1.82, 2.24) is 15.0 Å². The number of aryl methyl sites for hydroxylation is 3. The molecule has 2 rings (SSSR count). The standard InChI is InChI=1S/C14H15N3O3/c1-7-4-8(2)12(15-6-7)13-16-9(3)10(5-11(18)19)14(20)17-13/h4,6H,5H2,1-3H3,(H,18,19)(H,16,17,20). The number of H-pyrrole nitrogens is 1. The van der Waals surface area contributed by atoms with Crippen molar-refractivity contribution >= 4 is 5.97 Å². The third kappa shape index (κ3) is 2.74. The first-order valence-corrected chi connectivity index (χ1v) is 6.13. The van der Waals surface area contributed by atoms with Crippen LogP contribution in [0.25, 0.3) is 11.5 Å². The summed E-state index contributed by atoms with van der Waals surface area (Å²) in [4.78, 5) is 33.8. The maximum absolute atomic E-state index is 12.0. The van der Waals surface area contributed by atoms with E-state index in [-0.39, 0.29) is 12.0 Å². The number of carbonyl (C=O) groups is 1. The zero-order valence-electron chi connectivity index (χ0n) is 11.5. The third-order valence-electron chi connectivity index (χ3n) is 2.99. The maximum atomic E-state index is 12.0. The van der Waals surface area contributed by atoms with Crippen molar-refractivity contribution in [2.45, 2.75) is 27.2 Å². The third-order valence-corrected chi connectivity index (χ3v) is 2.99. The van der Waals surface area contributed by atoms with Gasteiger partial charge >= 0.3 is 5.97 Å². The molecule has 0 unspecified atom stereocenters. The van der Waals surface area contributed by atoms with Gasteiger partial charge in [-0.3, -0.25) is 14.6 Å². The highest BCUT2D eigenvalue weighted by Crippen LogP contribution is 2.17. The van der Waals surface area contributed by atoms with Crippen LogP contribution in [0.4, 0.5) is 0 Å². The number of nitrogens with zero attached hydrogens (tertiary/aromatic N) is 2. The molecule has 0 amide bonds. The van der Waals surface area contributed by atoms with Gasteiger partial charge in [0.1, 0.15) is 5.69 Å². The molecule has 2 aromatic heterocycles. The van der Waals surface area contributed by atoms with Crippen LogP contribution in [-0.2, 0) is 11.2 Å². The summed E-state index contributed by atoms with van der Waals surface area (Å²) in [5.74, 6) is -0.697. The number of aromatic amines is 1. The molecule has 0 aromatic carbocycles. The first-order chi connectivity index (χ1) is 9.38. The Balaban J connectivity index is 2.55. The lowest BCUT2D eigenvalue weighted by molar-refractivity contribution is -0.136. The zero-order chi connectivity index (χ0) is 14.9. The molecule has 0 aliphatic rings. The fourth-order valence-electron chi connectivity index (χ4n) is 2.05. The van der Waals surface area contributed by atoms with Gasteiger partial charge in [-0.2, -0.15) is 0 Å². The summed E-state index contributed by atoms with van der Waals surface area (Å²) in [6.45, 7) is 5.44. The first-order valence-electron chi connectivity index (χ1n) is 6.13. The van der Waals surface area contributed by atoms with E-state index in [1.165, 1.54) is 0 Å². The van der Waals surface area contributed by atoms with Gasteiger partial charge in [-0.25, -0.2) is 4.98 Å². The normalized spacial score (nSPS) is 10.6. The van der Waals surface area contributed by atoms with Crippen molar-refractivity contribution in [2.24, 2.45) is 0 Å². The maximum Gasteiger partial charge on any atom is 0.308 e. The number of hydrogen-bond donors (Lipinski definition) is 2. The molecule has 2 aromatic rings. The topological polar surface area (TPSA) is 95.9 Å². The summed E-state index contributed by atoms with van der Waals surface area (Å²) < 4.78 is 0. The van der Waals surface area contributed by atoms with Crippen LogP contribution in [0.5, 0.6) is 0 Å². The summed E-state index contributed by atoms with van der Waals surface area (Å²) in [5.41, 5.74) is 2.67. The predicted molar refractivity (Wildman–Crippen MR) is 73.6 cm³/mol. The molecule has 0 bridgehead atoms. The molecule has 2 heterocycles. The molecular weight excluding hydrogens is 258 g/mol. The Hall–Kier alpha value is -2.50. The van der Waals surface area contributed by atoms with Crippen LogP contribution < -0.4 is 5.56 Å². The van der Waals surface area contributed by atoms with Crippen LogP contribution >= 0.6 is 0 Å². The highest BCUT2D eigenvalue weighted by atomic mass is 16.4. The summed E-state index contributed by atoms with van der Waals surface area (Å²) >= 11 is 0. The van der Waals surface area contributed by atoms with Gasteiger partial charge in [-0.15, -0.1) is 0 Å². The molecular formula is C14H15N3O3. The second kappa shape index (κ2) is 5.24. The van der Waals surface area contributed by atoms with Gasteiger partial charge in [0, 0.05) is 17.5 Å². The van der Waals surface area contributed by atoms with Crippen LogP contribution in [0, 0.1) is 20.8 Å². The molecule has 104 valence electrons. The summed E-state index contributed by atoms with van der Waals surface area (Å²) in [6.07, 6.45) is 1.36. The number of carboxylic acids is 1. The minimum Gasteiger partial charge on any atom is -0.481 e. The SMILES string of the molecule is Cc1cnc(-c2nc(C)c(CC(=O)O)c(=O)[nH]2)c(C)c1. The molecule has 6 nitrogen and oxygen atoms in total. The number of aliphatic carboxylic acids is 1. The summed E-state index contributed by atoms with van der Waals surface area (Å²) in [5, 5.41) is 8.78. The average molecular weight is 273 g/mol. The van der Waals surface area contributed by atoms with Crippen molar-refractivity contribution in [3.8, 4) is 11.5 Å². The van der Waals surface area contributed by atoms with Gasteiger partial charge in [-0.1, -0.05) is 6.07 Å². The van der Waals surface area contributed by atoms with E-state index in [9.17, 15) is 9.59 Å². The Morgan fingerprint density at radius 3 is 2.60 bits per heavy atom. The number of rotatable bonds is 3. The summed E-state index contributed by atoms with van der Waals surface area (Å²) in [7, 11) is 0. The monoisotopic (exact) mass is 273 g/mol. The number of aromatic nitrogens is 3. The van der Waals surface area contributed by atoms with Gasteiger partial charge in [0.15, 0.2) is 5.82 Å². The van der Waals surface area contributed by atoms with E-state index in [1.54, 1.807) is 13.1 Å².